The first-order valence-corrected chi connectivity index (χ1v) is 8.88. The summed E-state index contributed by atoms with van der Waals surface area (Å²) in [5.41, 5.74) is 2.14. The van der Waals surface area contributed by atoms with E-state index in [0.29, 0.717) is 10.2 Å². The maximum Gasteiger partial charge on any atom is 0.326 e. The standard InChI is InChI=1S/C19H20N2O3S/c1-12-5-7-13(8-6-12)14-10-25-17-16(14)18(23)21(11-20-17)9-15(22)24-19(2,3)4/h5-8,10-11H,9H2,1-4H3. The Morgan fingerprint density at radius 1 is 1.24 bits per heavy atom. The zero-order valence-electron chi connectivity index (χ0n) is 14.7. The molecule has 0 bridgehead atoms. The molecule has 0 unspecified atom stereocenters. The van der Waals surface area contributed by atoms with E-state index in [1.807, 2.05) is 36.6 Å². The quantitative estimate of drug-likeness (QED) is 0.670. The molecule has 130 valence electrons. The number of carbonyl (C=O) groups excluding carboxylic acids is 1. The first-order chi connectivity index (χ1) is 11.7. The Morgan fingerprint density at radius 2 is 1.92 bits per heavy atom. The van der Waals surface area contributed by atoms with E-state index in [-0.39, 0.29) is 12.1 Å². The number of ether oxygens (including phenoxy) is 1. The van der Waals surface area contributed by atoms with Gasteiger partial charge in [0.25, 0.3) is 5.56 Å². The molecule has 0 fully saturated rings. The second-order valence-electron chi connectivity index (χ2n) is 6.96. The van der Waals surface area contributed by atoms with Crippen molar-refractivity contribution in [2.75, 3.05) is 0 Å². The van der Waals surface area contributed by atoms with Crippen LogP contribution in [0.4, 0.5) is 0 Å². The zero-order chi connectivity index (χ0) is 18.2. The lowest BCUT2D eigenvalue weighted by Gasteiger charge is -2.19. The highest BCUT2D eigenvalue weighted by Gasteiger charge is 2.19. The van der Waals surface area contributed by atoms with Crippen LogP contribution in [0.25, 0.3) is 21.3 Å². The van der Waals surface area contributed by atoms with Gasteiger partial charge in [0.05, 0.1) is 11.7 Å². The van der Waals surface area contributed by atoms with E-state index < -0.39 is 11.6 Å². The molecule has 3 aromatic rings. The van der Waals surface area contributed by atoms with Gasteiger partial charge in [-0.05, 0) is 33.3 Å². The highest BCUT2D eigenvalue weighted by atomic mass is 32.1. The van der Waals surface area contributed by atoms with Crippen molar-refractivity contribution in [1.82, 2.24) is 9.55 Å². The van der Waals surface area contributed by atoms with E-state index in [2.05, 4.69) is 4.98 Å². The van der Waals surface area contributed by atoms with Crippen molar-refractivity contribution in [2.24, 2.45) is 0 Å². The van der Waals surface area contributed by atoms with Crippen molar-refractivity contribution >= 4 is 27.5 Å². The molecule has 25 heavy (non-hydrogen) atoms. The maximum atomic E-state index is 12.9. The van der Waals surface area contributed by atoms with Crippen molar-refractivity contribution in [3.05, 3.63) is 51.9 Å². The van der Waals surface area contributed by atoms with Crippen LogP contribution in [0.2, 0.25) is 0 Å². The second-order valence-corrected chi connectivity index (χ2v) is 7.82. The van der Waals surface area contributed by atoms with Gasteiger partial charge in [-0.2, -0.15) is 0 Å². The van der Waals surface area contributed by atoms with Crippen LogP contribution in [-0.2, 0) is 16.1 Å². The highest BCUT2D eigenvalue weighted by Crippen LogP contribution is 2.30. The molecule has 1 aromatic carbocycles. The van der Waals surface area contributed by atoms with Crippen molar-refractivity contribution in [1.29, 1.82) is 0 Å². The topological polar surface area (TPSA) is 61.2 Å². The summed E-state index contributed by atoms with van der Waals surface area (Å²) in [6, 6.07) is 7.99. The molecule has 0 saturated heterocycles. The number of carbonyl (C=O) groups is 1. The number of fused-ring (bicyclic) bond motifs is 1. The third kappa shape index (κ3) is 3.79. The fraction of sp³-hybridized carbons (Fsp3) is 0.316. The number of aromatic nitrogens is 2. The van der Waals surface area contributed by atoms with Crippen molar-refractivity contribution in [3.8, 4) is 11.1 Å². The first kappa shape index (κ1) is 17.4. The summed E-state index contributed by atoms with van der Waals surface area (Å²) in [5.74, 6) is -0.456. The van der Waals surface area contributed by atoms with E-state index >= 15 is 0 Å². The summed E-state index contributed by atoms with van der Waals surface area (Å²) in [4.78, 5) is 29.9. The molecule has 0 spiro atoms. The number of nitrogens with zero attached hydrogens (tertiary/aromatic N) is 2. The summed E-state index contributed by atoms with van der Waals surface area (Å²) >= 11 is 1.42. The van der Waals surface area contributed by atoms with E-state index in [1.54, 1.807) is 20.8 Å². The van der Waals surface area contributed by atoms with Crippen molar-refractivity contribution < 1.29 is 9.53 Å². The predicted molar refractivity (Wildman–Crippen MR) is 99.9 cm³/mol. The third-order valence-corrected chi connectivity index (χ3v) is 4.53. The molecule has 0 saturated carbocycles. The lowest BCUT2D eigenvalue weighted by atomic mass is 10.1. The number of aryl methyl sites for hydroxylation is 1. The fourth-order valence-electron chi connectivity index (χ4n) is 2.54. The molecular formula is C19H20N2O3S. The van der Waals surface area contributed by atoms with Crippen LogP contribution >= 0.6 is 11.3 Å². The van der Waals surface area contributed by atoms with Gasteiger partial charge in [-0.3, -0.25) is 14.2 Å². The first-order valence-electron chi connectivity index (χ1n) is 8.00. The van der Waals surface area contributed by atoms with Gasteiger partial charge in [0.1, 0.15) is 17.0 Å². The van der Waals surface area contributed by atoms with E-state index in [4.69, 9.17) is 4.74 Å². The van der Waals surface area contributed by atoms with Crippen LogP contribution in [0.5, 0.6) is 0 Å². The normalized spacial score (nSPS) is 11.7. The van der Waals surface area contributed by atoms with Gasteiger partial charge >= 0.3 is 5.97 Å². The SMILES string of the molecule is Cc1ccc(-c2csc3ncn(CC(=O)OC(C)(C)C)c(=O)c23)cc1. The minimum Gasteiger partial charge on any atom is -0.459 e. The van der Waals surface area contributed by atoms with Gasteiger partial charge in [0, 0.05) is 10.9 Å². The van der Waals surface area contributed by atoms with Gasteiger partial charge in [0.15, 0.2) is 0 Å². The Kier molecular flexibility index (Phi) is 4.47. The molecule has 0 aliphatic heterocycles. The number of thiophene rings is 1. The Hall–Kier alpha value is -2.47. The van der Waals surface area contributed by atoms with Crippen LogP contribution in [0.15, 0.2) is 40.8 Å². The van der Waals surface area contributed by atoms with Gasteiger partial charge in [-0.15, -0.1) is 11.3 Å². The van der Waals surface area contributed by atoms with Crippen LogP contribution in [0.1, 0.15) is 26.3 Å². The van der Waals surface area contributed by atoms with Crippen LogP contribution in [0, 0.1) is 6.92 Å². The largest absolute Gasteiger partial charge is 0.459 e. The van der Waals surface area contributed by atoms with Crippen LogP contribution in [0.3, 0.4) is 0 Å². The molecule has 2 aromatic heterocycles. The Balaban J connectivity index is 2.02. The second kappa shape index (κ2) is 6.44. The van der Waals surface area contributed by atoms with E-state index in [9.17, 15) is 9.59 Å². The Morgan fingerprint density at radius 3 is 2.56 bits per heavy atom. The third-order valence-electron chi connectivity index (χ3n) is 3.64. The molecule has 0 aliphatic rings. The molecular weight excluding hydrogens is 336 g/mol. The summed E-state index contributed by atoms with van der Waals surface area (Å²) in [6.07, 6.45) is 1.41. The Labute approximate surface area is 149 Å². The molecule has 2 heterocycles. The number of hydrogen-bond donors (Lipinski definition) is 0. The summed E-state index contributed by atoms with van der Waals surface area (Å²) in [6.45, 7) is 7.25. The molecule has 0 N–H and O–H groups in total. The fourth-order valence-corrected chi connectivity index (χ4v) is 3.45. The predicted octanol–water partition coefficient (Wildman–Crippen LogP) is 3.78. The zero-order valence-corrected chi connectivity index (χ0v) is 15.5. The highest BCUT2D eigenvalue weighted by molar-refractivity contribution is 7.17. The Bertz CT molecular complexity index is 979. The smallest absolute Gasteiger partial charge is 0.326 e. The molecule has 5 nitrogen and oxygen atoms in total. The monoisotopic (exact) mass is 356 g/mol. The lowest BCUT2D eigenvalue weighted by Crippen LogP contribution is -2.30. The molecule has 0 aliphatic carbocycles. The minimum absolute atomic E-state index is 0.151. The number of benzene rings is 1. The summed E-state index contributed by atoms with van der Waals surface area (Å²) < 4.78 is 6.60. The van der Waals surface area contributed by atoms with E-state index in [0.717, 1.165) is 16.7 Å². The maximum absolute atomic E-state index is 12.9. The molecule has 6 heteroatoms. The van der Waals surface area contributed by atoms with Crippen molar-refractivity contribution in [2.45, 2.75) is 39.8 Å². The average molecular weight is 356 g/mol. The number of rotatable bonds is 3. The molecule has 3 rings (SSSR count). The molecule has 0 atom stereocenters. The summed E-state index contributed by atoms with van der Waals surface area (Å²) in [5, 5.41) is 2.47. The summed E-state index contributed by atoms with van der Waals surface area (Å²) in [7, 11) is 0. The number of hydrogen-bond acceptors (Lipinski definition) is 5. The van der Waals surface area contributed by atoms with E-state index in [1.165, 1.54) is 22.2 Å². The van der Waals surface area contributed by atoms with Crippen LogP contribution in [-0.4, -0.2) is 21.1 Å². The van der Waals surface area contributed by atoms with Gasteiger partial charge in [-0.1, -0.05) is 29.8 Å². The van der Waals surface area contributed by atoms with Crippen molar-refractivity contribution in [3.63, 3.8) is 0 Å². The molecule has 0 radical (unpaired) electrons. The lowest BCUT2D eigenvalue weighted by molar-refractivity contribution is -0.155. The van der Waals surface area contributed by atoms with Gasteiger partial charge in [0.2, 0.25) is 0 Å². The minimum atomic E-state index is -0.590. The van der Waals surface area contributed by atoms with Gasteiger partial charge < -0.3 is 4.74 Å². The van der Waals surface area contributed by atoms with Gasteiger partial charge in [-0.25, -0.2) is 4.98 Å². The molecule has 0 amide bonds. The van der Waals surface area contributed by atoms with Crippen LogP contribution < -0.4 is 5.56 Å². The number of esters is 1. The average Bonchev–Trinajstić information content (AvgIpc) is 2.94.